The standard InChI is InChI=1S/C27H29ClN4O6/c1-15(2)38-23-10-16(13-33)9-18(25(23)37-14-24(34)35)12-31-22-8-5-19(28)11-21(22)27(36)32-20-6-3-17(4-7-20)26(29)30/h3-11,15,31,33H,12-14H2,1-2H3,(H3,29,30)(H,32,36)(H,34,35). The number of halogens is 1. The summed E-state index contributed by atoms with van der Waals surface area (Å²) in [6, 6.07) is 14.6. The predicted molar refractivity (Wildman–Crippen MR) is 145 cm³/mol. The van der Waals surface area contributed by atoms with Crippen LogP contribution in [0.3, 0.4) is 0 Å². The van der Waals surface area contributed by atoms with Crippen molar-refractivity contribution in [3.05, 3.63) is 81.9 Å². The second-order valence-corrected chi connectivity index (χ2v) is 9.01. The van der Waals surface area contributed by atoms with Gasteiger partial charge in [0.25, 0.3) is 5.91 Å². The molecule has 0 aliphatic carbocycles. The highest BCUT2D eigenvalue weighted by Gasteiger charge is 2.18. The van der Waals surface area contributed by atoms with Gasteiger partial charge in [0, 0.05) is 34.1 Å². The summed E-state index contributed by atoms with van der Waals surface area (Å²) in [4.78, 5) is 24.3. The van der Waals surface area contributed by atoms with Crippen LogP contribution in [0.5, 0.6) is 11.5 Å². The summed E-state index contributed by atoms with van der Waals surface area (Å²) in [5, 5.41) is 32.7. The van der Waals surface area contributed by atoms with Gasteiger partial charge >= 0.3 is 5.97 Å². The van der Waals surface area contributed by atoms with Gasteiger partial charge in [-0.15, -0.1) is 0 Å². The van der Waals surface area contributed by atoms with Crippen LogP contribution in [-0.2, 0) is 17.9 Å². The van der Waals surface area contributed by atoms with Crippen molar-refractivity contribution >= 4 is 40.7 Å². The van der Waals surface area contributed by atoms with Gasteiger partial charge in [-0.1, -0.05) is 11.6 Å². The van der Waals surface area contributed by atoms with Crippen LogP contribution in [0, 0.1) is 5.41 Å². The molecular formula is C27H29ClN4O6. The summed E-state index contributed by atoms with van der Waals surface area (Å²) in [5.74, 6) is -1.15. The molecule has 0 fully saturated rings. The van der Waals surface area contributed by atoms with Crippen LogP contribution < -0.4 is 25.8 Å². The Bertz CT molecular complexity index is 1330. The molecule has 0 radical (unpaired) electrons. The maximum atomic E-state index is 13.1. The summed E-state index contributed by atoms with van der Waals surface area (Å²) in [6.45, 7) is 2.90. The molecule has 38 heavy (non-hydrogen) atoms. The van der Waals surface area contributed by atoms with E-state index >= 15 is 0 Å². The zero-order chi connectivity index (χ0) is 27.8. The van der Waals surface area contributed by atoms with Gasteiger partial charge in [0.15, 0.2) is 18.1 Å². The predicted octanol–water partition coefficient (Wildman–Crippen LogP) is 4.23. The lowest BCUT2D eigenvalue weighted by Gasteiger charge is -2.20. The molecule has 0 unspecified atom stereocenters. The zero-order valence-electron chi connectivity index (χ0n) is 20.9. The van der Waals surface area contributed by atoms with E-state index in [9.17, 15) is 14.7 Å². The quantitative estimate of drug-likeness (QED) is 0.146. The van der Waals surface area contributed by atoms with E-state index in [2.05, 4.69) is 10.6 Å². The van der Waals surface area contributed by atoms with Gasteiger partial charge in [-0.25, -0.2) is 4.79 Å². The third kappa shape index (κ3) is 7.61. The fourth-order valence-electron chi connectivity index (χ4n) is 3.57. The molecule has 7 N–H and O–H groups in total. The monoisotopic (exact) mass is 540 g/mol. The number of aliphatic carboxylic acids is 1. The number of benzene rings is 3. The van der Waals surface area contributed by atoms with Gasteiger partial charge in [-0.3, -0.25) is 10.2 Å². The summed E-state index contributed by atoms with van der Waals surface area (Å²) >= 11 is 6.18. The second kappa shape index (κ2) is 12.8. The molecule has 0 saturated heterocycles. The fourth-order valence-corrected chi connectivity index (χ4v) is 3.74. The summed E-state index contributed by atoms with van der Waals surface area (Å²) in [6.07, 6.45) is -0.229. The number of carbonyl (C=O) groups is 2. The minimum Gasteiger partial charge on any atom is -0.487 e. The van der Waals surface area contributed by atoms with E-state index in [-0.39, 0.29) is 36.4 Å². The zero-order valence-corrected chi connectivity index (χ0v) is 21.6. The summed E-state index contributed by atoms with van der Waals surface area (Å²) in [7, 11) is 0. The van der Waals surface area contributed by atoms with Crippen LogP contribution in [0.15, 0.2) is 54.6 Å². The number of carbonyl (C=O) groups excluding carboxylic acids is 1. The van der Waals surface area contributed by atoms with Gasteiger partial charge < -0.3 is 36.1 Å². The second-order valence-electron chi connectivity index (χ2n) is 8.58. The molecule has 0 aromatic heterocycles. The number of aliphatic hydroxyl groups excluding tert-OH is 1. The van der Waals surface area contributed by atoms with Crippen molar-refractivity contribution in [2.45, 2.75) is 33.1 Å². The molecule has 0 aliphatic rings. The third-order valence-electron chi connectivity index (χ3n) is 5.23. The molecule has 1 amide bonds. The van der Waals surface area contributed by atoms with Crippen molar-refractivity contribution in [1.29, 1.82) is 5.41 Å². The fraction of sp³-hybridized carbons (Fsp3) is 0.222. The Kier molecular flexibility index (Phi) is 9.53. The number of hydrogen-bond donors (Lipinski definition) is 6. The number of amidine groups is 1. The summed E-state index contributed by atoms with van der Waals surface area (Å²) < 4.78 is 11.4. The topological polar surface area (TPSA) is 167 Å². The van der Waals surface area contributed by atoms with E-state index in [1.165, 1.54) is 6.07 Å². The molecule has 10 nitrogen and oxygen atoms in total. The smallest absolute Gasteiger partial charge is 0.341 e. The molecule has 200 valence electrons. The van der Waals surface area contributed by atoms with E-state index in [1.807, 2.05) is 13.8 Å². The number of ether oxygens (including phenoxy) is 2. The van der Waals surface area contributed by atoms with Crippen LogP contribution in [-0.4, -0.2) is 40.6 Å². The van der Waals surface area contributed by atoms with Gasteiger partial charge in [0.2, 0.25) is 0 Å². The van der Waals surface area contributed by atoms with Gasteiger partial charge in [0.05, 0.1) is 18.3 Å². The maximum absolute atomic E-state index is 13.1. The molecule has 0 spiro atoms. The number of hydrogen-bond acceptors (Lipinski definition) is 7. The van der Waals surface area contributed by atoms with Crippen molar-refractivity contribution in [3.63, 3.8) is 0 Å². The van der Waals surface area contributed by atoms with Gasteiger partial charge in [0.1, 0.15) is 5.84 Å². The Labute approximate surface area is 224 Å². The Morgan fingerprint density at radius 1 is 1.11 bits per heavy atom. The highest BCUT2D eigenvalue weighted by molar-refractivity contribution is 6.31. The number of carboxylic acids is 1. The van der Waals surface area contributed by atoms with E-state index < -0.39 is 18.5 Å². The first-order chi connectivity index (χ1) is 18.1. The maximum Gasteiger partial charge on any atom is 0.341 e. The third-order valence-corrected chi connectivity index (χ3v) is 5.46. The number of nitrogen functional groups attached to an aromatic ring is 1. The van der Waals surface area contributed by atoms with Gasteiger partial charge in [-0.05, 0) is 74.0 Å². The number of nitrogens with one attached hydrogen (secondary N) is 3. The minimum atomic E-state index is -1.15. The van der Waals surface area contributed by atoms with Crippen LogP contribution in [0.1, 0.15) is 40.9 Å². The molecule has 3 aromatic carbocycles. The van der Waals surface area contributed by atoms with E-state index in [4.69, 9.17) is 37.3 Å². The molecule has 11 heteroatoms. The number of rotatable bonds is 12. The Morgan fingerprint density at radius 2 is 1.82 bits per heavy atom. The molecule has 0 heterocycles. The highest BCUT2D eigenvalue weighted by Crippen LogP contribution is 2.35. The molecule has 0 aliphatic heterocycles. The van der Waals surface area contributed by atoms with Gasteiger partial charge in [-0.2, -0.15) is 0 Å². The Balaban J connectivity index is 1.90. The Hall–Kier alpha value is -4.28. The SMILES string of the molecule is CC(C)Oc1cc(CO)cc(CNc2ccc(Cl)cc2C(=O)Nc2ccc(C(=N)N)cc2)c1OCC(=O)O. The van der Waals surface area contributed by atoms with Crippen molar-refractivity contribution < 1.29 is 29.3 Å². The van der Waals surface area contributed by atoms with E-state index in [0.717, 1.165) is 0 Å². The first-order valence-corrected chi connectivity index (χ1v) is 12.0. The van der Waals surface area contributed by atoms with Crippen LogP contribution in [0.25, 0.3) is 0 Å². The molecule has 0 atom stereocenters. The highest BCUT2D eigenvalue weighted by atomic mass is 35.5. The number of aliphatic hydroxyl groups is 1. The van der Waals surface area contributed by atoms with E-state index in [1.54, 1.807) is 48.5 Å². The van der Waals surface area contributed by atoms with Crippen LogP contribution in [0.4, 0.5) is 11.4 Å². The van der Waals surface area contributed by atoms with Crippen molar-refractivity contribution in [1.82, 2.24) is 0 Å². The van der Waals surface area contributed by atoms with Crippen LogP contribution >= 0.6 is 11.6 Å². The first kappa shape index (κ1) is 28.3. The lowest BCUT2D eigenvalue weighted by Crippen LogP contribution is -2.17. The lowest BCUT2D eigenvalue weighted by molar-refractivity contribution is -0.139. The largest absolute Gasteiger partial charge is 0.487 e. The molecule has 0 saturated carbocycles. The van der Waals surface area contributed by atoms with Crippen molar-refractivity contribution in [2.75, 3.05) is 17.2 Å². The normalized spacial score (nSPS) is 10.7. The van der Waals surface area contributed by atoms with Crippen molar-refractivity contribution in [3.8, 4) is 11.5 Å². The number of amides is 1. The molecular weight excluding hydrogens is 512 g/mol. The first-order valence-electron chi connectivity index (χ1n) is 11.6. The molecule has 3 aromatic rings. The van der Waals surface area contributed by atoms with E-state index in [0.29, 0.717) is 38.8 Å². The average Bonchev–Trinajstić information content (AvgIpc) is 2.86. The van der Waals surface area contributed by atoms with Crippen molar-refractivity contribution in [2.24, 2.45) is 5.73 Å². The minimum absolute atomic E-state index is 0.0804. The Morgan fingerprint density at radius 3 is 2.42 bits per heavy atom. The number of carboxylic acid groups (broad SMARTS) is 1. The number of anilines is 2. The molecule has 3 rings (SSSR count). The lowest BCUT2D eigenvalue weighted by atomic mass is 10.1. The number of nitrogens with two attached hydrogens (primary N) is 1. The average molecular weight is 541 g/mol. The molecule has 0 bridgehead atoms. The summed E-state index contributed by atoms with van der Waals surface area (Å²) in [5.41, 5.74) is 8.30. The van der Waals surface area contributed by atoms with Crippen LogP contribution in [0.2, 0.25) is 5.02 Å².